The predicted octanol–water partition coefficient (Wildman–Crippen LogP) is 3.26. The van der Waals surface area contributed by atoms with Gasteiger partial charge in [0.1, 0.15) is 5.75 Å². The van der Waals surface area contributed by atoms with E-state index in [4.69, 9.17) is 5.73 Å². The molecule has 0 aliphatic heterocycles. The first-order valence-corrected chi connectivity index (χ1v) is 7.72. The first kappa shape index (κ1) is 18.8. The molecule has 0 spiro atoms. The molecule has 7 heteroatoms. The lowest BCUT2D eigenvalue weighted by atomic mass is 10.0. The molecule has 0 radical (unpaired) electrons. The van der Waals surface area contributed by atoms with Crippen LogP contribution in [0.25, 0.3) is 11.1 Å². The highest BCUT2D eigenvalue weighted by atomic mass is 19.4. The highest BCUT2D eigenvalue weighted by Crippen LogP contribution is 2.28. The molecular weight excluding hydrogens is 333 g/mol. The van der Waals surface area contributed by atoms with Gasteiger partial charge in [-0.15, -0.1) is 13.2 Å². The molecule has 1 amide bonds. The standard InChI is InChI=1S/C18H19F3N2O2/c1-12(17(22)24)23-10-9-13-5-7-14(8-6-13)15-3-2-4-16(11-15)25-18(19,20)21/h2-8,11-12,23H,9-10H2,1H3,(H2,22,24). The van der Waals surface area contributed by atoms with Gasteiger partial charge in [-0.3, -0.25) is 4.79 Å². The second-order valence-corrected chi connectivity index (χ2v) is 5.60. The maximum Gasteiger partial charge on any atom is 0.573 e. The van der Waals surface area contributed by atoms with E-state index >= 15 is 0 Å². The number of hydrogen-bond acceptors (Lipinski definition) is 3. The number of carbonyl (C=O) groups is 1. The number of nitrogens with two attached hydrogens (primary N) is 1. The summed E-state index contributed by atoms with van der Waals surface area (Å²) in [6.07, 6.45) is -4.01. The Morgan fingerprint density at radius 2 is 1.84 bits per heavy atom. The second kappa shape index (κ2) is 8.02. The Balaban J connectivity index is 2.00. The number of ether oxygens (including phenoxy) is 1. The van der Waals surface area contributed by atoms with Gasteiger partial charge in [0.05, 0.1) is 6.04 Å². The van der Waals surface area contributed by atoms with Crippen molar-refractivity contribution in [1.82, 2.24) is 5.32 Å². The van der Waals surface area contributed by atoms with E-state index in [1.165, 1.54) is 18.2 Å². The minimum Gasteiger partial charge on any atom is -0.406 e. The second-order valence-electron chi connectivity index (χ2n) is 5.60. The summed E-state index contributed by atoms with van der Waals surface area (Å²) < 4.78 is 40.8. The average Bonchev–Trinajstić information content (AvgIpc) is 2.54. The molecule has 0 saturated carbocycles. The summed E-state index contributed by atoms with van der Waals surface area (Å²) in [4.78, 5) is 10.9. The zero-order chi connectivity index (χ0) is 18.4. The number of rotatable bonds is 7. The molecular formula is C18H19F3N2O2. The summed E-state index contributed by atoms with van der Waals surface area (Å²) in [5, 5.41) is 3.01. The summed E-state index contributed by atoms with van der Waals surface area (Å²) in [5.74, 6) is -0.657. The molecule has 1 unspecified atom stereocenters. The van der Waals surface area contributed by atoms with E-state index < -0.39 is 18.3 Å². The van der Waals surface area contributed by atoms with Crippen molar-refractivity contribution < 1.29 is 22.7 Å². The molecule has 2 aromatic rings. The molecule has 3 N–H and O–H groups in total. The average molecular weight is 352 g/mol. The predicted molar refractivity (Wildman–Crippen MR) is 88.9 cm³/mol. The monoisotopic (exact) mass is 352 g/mol. The topological polar surface area (TPSA) is 64.3 Å². The van der Waals surface area contributed by atoms with Crippen molar-refractivity contribution in [2.45, 2.75) is 25.7 Å². The van der Waals surface area contributed by atoms with E-state index in [1.54, 1.807) is 13.0 Å². The fraction of sp³-hybridized carbons (Fsp3) is 0.278. The third-order valence-electron chi connectivity index (χ3n) is 3.65. The molecule has 0 aliphatic rings. The van der Waals surface area contributed by atoms with Gasteiger partial charge in [0.15, 0.2) is 0 Å². The van der Waals surface area contributed by atoms with Crippen LogP contribution < -0.4 is 15.8 Å². The molecule has 25 heavy (non-hydrogen) atoms. The summed E-state index contributed by atoms with van der Waals surface area (Å²) in [5.41, 5.74) is 7.63. The van der Waals surface area contributed by atoms with Crippen LogP contribution in [-0.2, 0) is 11.2 Å². The van der Waals surface area contributed by atoms with Crippen molar-refractivity contribution in [3.63, 3.8) is 0 Å². The largest absolute Gasteiger partial charge is 0.573 e. The van der Waals surface area contributed by atoms with Gasteiger partial charge < -0.3 is 15.8 Å². The molecule has 4 nitrogen and oxygen atoms in total. The Kier molecular flexibility index (Phi) is 6.03. The molecule has 134 valence electrons. The molecule has 0 saturated heterocycles. The lowest BCUT2D eigenvalue weighted by Gasteiger charge is -2.11. The van der Waals surface area contributed by atoms with Gasteiger partial charge in [-0.25, -0.2) is 0 Å². The Morgan fingerprint density at radius 1 is 1.16 bits per heavy atom. The third kappa shape index (κ3) is 6.11. The number of primary amides is 1. The Labute approximate surface area is 143 Å². The molecule has 0 aromatic heterocycles. The minimum absolute atomic E-state index is 0.251. The summed E-state index contributed by atoms with van der Waals surface area (Å²) in [6.45, 7) is 2.29. The number of alkyl halides is 3. The van der Waals surface area contributed by atoms with E-state index in [9.17, 15) is 18.0 Å². The van der Waals surface area contributed by atoms with Gasteiger partial charge >= 0.3 is 6.36 Å². The van der Waals surface area contributed by atoms with E-state index in [0.717, 1.165) is 11.1 Å². The first-order chi connectivity index (χ1) is 11.7. The molecule has 2 aromatic carbocycles. The molecule has 1 atom stereocenters. The van der Waals surface area contributed by atoms with Gasteiger partial charge in [-0.05, 0) is 48.7 Å². The number of nitrogens with one attached hydrogen (secondary N) is 1. The smallest absolute Gasteiger partial charge is 0.406 e. The van der Waals surface area contributed by atoms with E-state index in [-0.39, 0.29) is 5.75 Å². The maximum absolute atomic E-state index is 12.3. The van der Waals surface area contributed by atoms with Crippen molar-refractivity contribution in [2.75, 3.05) is 6.54 Å². The molecule has 2 rings (SSSR count). The first-order valence-electron chi connectivity index (χ1n) is 7.72. The lowest BCUT2D eigenvalue weighted by molar-refractivity contribution is -0.274. The third-order valence-corrected chi connectivity index (χ3v) is 3.65. The van der Waals surface area contributed by atoms with Gasteiger partial charge in [0.25, 0.3) is 0 Å². The van der Waals surface area contributed by atoms with Crippen LogP contribution in [0.4, 0.5) is 13.2 Å². The van der Waals surface area contributed by atoms with Crippen molar-refractivity contribution in [3.8, 4) is 16.9 Å². The van der Waals surface area contributed by atoms with E-state index in [0.29, 0.717) is 18.5 Å². The van der Waals surface area contributed by atoms with Gasteiger partial charge in [-0.2, -0.15) is 0 Å². The van der Waals surface area contributed by atoms with Crippen LogP contribution in [0.5, 0.6) is 5.75 Å². The molecule has 0 bridgehead atoms. The fourth-order valence-corrected chi connectivity index (χ4v) is 2.27. The number of amides is 1. The Morgan fingerprint density at radius 3 is 2.44 bits per heavy atom. The zero-order valence-electron chi connectivity index (χ0n) is 13.6. The van der Waals surface area contributed by atoms with Crippen molar-refractivity contribution in [1.29, 1.82) is 0 Å². The van der Waals surface area contributed by atoms with Crippen LogP contribution in [0, 0.1) is 0 Å². The number of benzene rings is 2. The molecule has 0 heterocycles. The summed E-state index contributed by atoms with van der Waals surface area (Å²) in [6, 6.07) is 12.9. The lowest BCUT2D eigenvalue weighted by Crippen LogP contribution is -2.39. The molecule has 0 fully saturated rings. The van der Waals surface area contributed by atoms with Crippen molar-refractivity contribution >= 4 is 5.91 Å². The highest BCUT2D eigenvalue weighted by Gasteiger charge is 2.31. The highest BCUT2D eigenvalue weighted by molar-refractivity contribution is 5.79. The van der Waals surface area contributed by atoms with Crippen molar-refractivity contribution in [3.05, 3.63) is 54.1 Å². The SMILES string of the molecule is CC(NCCc1ccc(-c2cccc(OC(F)(F)F)c2)cc1)C(N)=O. The number of halogens is 3. The summed E-state index contributed by atoms with van der Waals surface area (Å²) >= 11 is 0. The van der Waals surface area contributed by atoms with Crippen LogP contribution in [0.3, 0.4) is 0 Å². The van der Waals surface area contributed by atoms with E-state index in [1.807, 2.05) is 24.3 Å². The fourth-order valence-electron chi connectivity index (χ4n) is 2.27. The van der Waals surface area contributed by atoms with Crippen molar-refractivity contribution in [2.24, 2.45) is 5.73 Å². The number of carbonyl (C=O) groups excluding carboxylic acids is 1. The van der Waals surface area contributed by atoms with Gasteiger partial charge in [0.2, 0.25) is 5.91 Å². The van der Waals surface area contributed by atoms with Gasteiger partial charge in [-0.1, -0.05) is 36.4 Å². The van der Waals surface area contributed by atoms with Crippen LogP contribution in [0.1, 0.15) is 12.5 Å². The van der Waals surface area contributed by atoms with E-state index in [2.05, 4.69) is 10.1 Å². The Hall–Kier alpha value is -2.54. The maximum atomic E-state index is 12.3. The van der Waals surface area contributed by atoms with Crippen LogP contribution in [0.15, 0.2) is 48.5 Å². The normalized spacial score (nSPS) is 12.6. The minimum atomic E-state index is -4.71. The van der Waals surface area contributed by atoms with Gasteiger partial charge in [0, 0.05) is 0 Å². The Bertz CT molecular complexity index is 715. The quantitative estimate of drug-likeness (QED) is 0.804. The van der Waals surface area contributed by atoms with Crippen LogP contribution >= 0.6 is 0 Å². The zero-order valence-corrected chi connectivity index (χ0v) is 13.6. The van der Waals surface area contributed by atoms with Crippen LogP contribution in [-0.4, -0.2) is 24.9 Å². The summed E-state index contributed by atoms with van der Waals surface area (Å²) in [7, 11) is 0. The van der Waals surface area contributed by atoms with Crippen LogP contribution in [0.2, 0.25) is 0 Å². The number of hydrogen-bond donors (Lipinski definition) is 2. The molecule has 0 aliphatic carbocycles.